The van der Waals surface area contributed by atoms with E-state index in [1.807, 2.05) is 24.4 Å². The largest absolute Gasteiger partial charge is 0.356 e. The van der Waals surface area contributed by atoms with Crippen molar-refractivity contribution < 1.29 is 0 Å². The predicted molar refractivity (Wildman–Crippen MR) is 80.7 cm³/mol. The van der Waals surface area contributed by atoms with Crippen LogP contribution in [-0.4, -0.2) is 9.97 Å². The van der Waals surface area contributed by atoms with Crippen LogP contribution in [0.2, 0.25) is 0 Å². The fraction of sp³-hybridized carbons (Fsp3) is 0.200. The summed E-state index contributed by atoms with van der Waals surface area (Å²) in [7, 11) is 0. The van der Waals surface area contributed by atoms with Crippen molar-refractivity contribution in [2.24, 2.45) is 0 Å². The van der Waals surface area contributed by atoms with Crippen molar-refractivity contribution in [1.29, 1.82) is 0 Å². The maximum absolute atomic E-state index is 4.67. The highest BCUT2D eigenvalue weighted by Crippen LogP contribution is 2.30. The lowest BCUT2D eigenvalue weighted by molar-refractivity contribution is 1.04. The smallest absolute Gasteiger partial charge is 0.184 e. The molecule has 19 heavy (non-hydrogen) atoms. The monoisotopic (exact) mass is 269 g/mol. The molecule has 1 aromatic carbocycles. The van der Waals surface area contributed by atoms with Crippen molar-refractivity contribution in [3.05, 3.63) is 53.3 Å². The SMILES string of the molecule is Cc1ccc(C)c2sc(NCc3ccccn3)nc12. The first kappa shape index (κ1) is 12.1. The minimum atomic E-state index is 0.707. The number of benzene rings is 1. The Morgan fingerprint density at radius 3 is 2.68 bits per heavy atom. The van der Waals surface area contributed by atoms with Crippen LogP contribution in [0.1, 0.15) is 16.8 Å². The van der Waals surface area contributed by atoms with Crippen molar-refractivity contribution in [3.63, 3.8) is 0 Å². The molecule has 0 radical (unpaired) electrons. The summed E-state index contributed by atoms with van der Waals surface area (Å²) >= 11 is 1.71. The van der Waals surface area contributed by atoms with Gasteiger partial charge in [0.05, 0.1) is 22.5 Å². The zero-order chi connectivity index (χ0) is 13.2. The maximum atomic E-state index is 4.67. The van der Waals surface area contributed by atoms with Crippen molar-refractivity contribution >= 4 is 26.7 Å². The van der Waals surface area contributed by atoms with Gasteiger partial charge in [-0.2, -0.15) is 0 Å². The van der Waals surface area contributed by atoms with Crippen LogP contribution in [0.25, 0.3) is 10.2 Å². The van der Waals surface area contributed by atoms with E-state index in [4.69, 9.17) is 0 Å². The van der Waals surface area contributed by atoms with E-state index < -0.39 is 0 Å². The summed E-state index contributed by atoms with van der Waals surface area (Å²) in [6, 6.07) is 10.2. The van der Waals surface area contributed by atoms with Crippen LogP contribution in [0, 0.1) is 13.8 Å². The fourth-order valence-corrected chi connectivity index (χ4v) is 3.01. The summed E-state index contributed by atoms with van der Waals surface area (Å²) in [4.78, 5) is 8.96. The van der Waals surface area contributed by atoms with Crippen LogP contribution in [0.5, 0.6) is 0 Å². The molecule has 2 heterocycles. The summed E-state index contributed by atoms with van der Waals surface area (Å²) in [5.41, 5.74) is 4.63. The minimum Gasteiger partial charge on any atom is -0.356 e. The van der Waals surface area contributed by atoms with Crippen LogP contribution in [0.15, 0.2) is 36.5 Å². The second-order valence-corrected chi connectivity index (χ2v) is 5.57. The molecule has 96 valence electrons. The highest BCUT2D eigenvalue weighted by atomic mass is 32.1. The number of rotatable bonds is 3. The molecule has 0 amide bonds. The topological polar surface area (TPSA) is 37.8 Å². The standard InChI is InChI=1S/C15H15N3S/c1-10-6-7-11(2)14-13(10)18-15(19-14)17-9-12-5-3-4-8-16-12/h3-8H,9H2,1-2H3,(H,17,18). The molecule has 0 aliphatic heterocycles. The number of pyridine rings is 1. The molecule has 0 unspecified atom stereocenters. The Kier molecular flexibility index (Phi) is 3.17. The third kappa shape index (κ3) is 2.44. The first-order chi connectivity index (χ1) is 9.24. The number of nitrogens with zero attached hydrogens (tertiary/aromatic N) is 2. The van der Waals surface area contributed by atoms with Gasteiger partial charge < -0.3 is 5.32 Å². The number of thiazole rings is 1. The van der Waals surface area contributed by atoms with Gasteiger partial charge in [-0.05, 0) is 37.1 Å². The van der Waals surface area contributed by atoms with E-state index in [9.17, 15) is 0 Å². The van der Waals surface area contributed by atoms with Gasteiger partial charge in [0.2, 0.25) is 0 Å². The Labute approximate surface area is 116 Å². The van der Waals surface area contributed by atoms with E-state index in [0.717, 1.165) is 16.3 Å². The van der Waals surface area contributed by atoms with E-state index in [1.54, 1.807) is 11.3 Å². The van der Waals surface area contributed by atoms with Gasteiger partial charge in [0, 0.05) is 6.20 Å². The molecule has 0 fully saturated rings. The van der Waals surface area contributed by atoms with E-state index in [0.29, 0.717) is 6.54 Å². The molecular weight excluding hydrogens is 254 g/mol. The zero-order valence-corrected chi connectivity index (χ0v) is 11.8. The van der Waals surface area contributed by atoms with E-state index in [-0.39, 0.29) is 0 Å². The lowest BCUT2D eigenvalue weighted by Gasteiger charge is -2.00. The van der Waals surface area contributed by atoms with Crippen LogP contribution in [0.4, 0.5) is 5.13 Å². The number of anilines is 1. The third-order valence-corrected chi connectivity index (χ3v) is 4.24. The molecule has 3 aromatic rings. The summed E-state index contributed by atoms with van der Waals surface area (Å²) in [6.07, 6.45) is 1.81. The van der Waals surface area contributed by atoms with Crippen molar-refractivity contribution in [2.45, 2.75) is 20.4 Å². The Balaban J connectivity index is 1.86. The maximum Gasteiger partial charge on any atom is 0.184 e. The Bertz CT molecular complexity index is 665. The zero-order valence-electron chi connectivity index (χ0n) is 11.0. The summed E-state index contributed by atoms with van der Waals surface area (Å²) < 4.78 is 1.27. The van der Waals surface area contributed by atoms with Crippen molar-refractivity contribution in [2.75, 3.05) is 5.32 Å². The van der Waals surface area contributed by atoms with Crippen LogP contribution in [-0.2, 0) is 6.54 Å². The molecule has 0 saturated heterocycles. The van der Waals surface area contributed by atoms with Crippen LogP contribution < -0.4 is 5.32 Å². The molecule has 0 atom stereocenters. The number of nitrogens with one attached hydrogen (secondary N) is 1. The summed E-state index contributed by atoms with van der Waals surface area (Å²) in [5, 5.41) is 4.31. The first-order valence-corrected chi connectivity index (χ1v) is 7.06. The Morgan fingerprint density at radius 2 is 1.95 bits per heavy atom. The van der Waals surface area contributed by atoms with Crippen LogP contribution >= 0.6 is 11.3 Å². The number of hydrogen-bond donors (Lipinski definition) is 1. The number of hydrogen-bond acceptors (Lipinski definition) is 4. The average Bonchev–Trinajstić information content (AvgIpc) is 2.87. The van der Waals surface area contributed by atoms with Gasteiger partial charge in [-0.25, -0.2) is 4.98 Å². The van der Waals surface area contributed by atoms with Gasteiger partial charge in [0.25, 0.3) is 0 Å². The lowest BCUT2D eigenvalue weighted by atomic mass is 10.1. The van der Waals surface area contributed by atoms with E-state index in [1.165, 1.54) is 15.8 Å². The highest BCUT2D eigenvalue weighted by molar-refractivity contribution is 7.22. The third-order valence-electron chi connectivity index (χ3n) is 3.09. The molecule has 3 rings (SSSR count). The van der Waals surface area contributed by atoms with Gasteiger partial charge in [-0.3, -0.25) is 4.98 Å². The van der Waals surface area contributed by atoms with Gasteiger partial charge >= 0.3 is 0 Å². The molecule has 0 aliphatic rings. The van der Waals surface area contributed by atoms with Crippen molar-refractivity contribution in [1.82, 2.24) is 9.97 Å². The molecule has 0 saturated carbocycles. The molecule has 0 aliphatic carbocycles. The first-order valence-electron chi connectivity index (χ1n) is 6.24. The Morgan fingerprint density at radius 1 is 1.11 bits per heavy atom. The molecule has 0 bridgehead atoms. The van der Waals surface area contributed by atoms with E-state index in [2.05, 4.69) is 41.3 Å². The summed E-state index contributed by atoms with van der Waals surface area (Å²) in [6.45, 7) is 4.94. The quantitative estimate of drug-likeness (QED) is 0.783. The molecule has 1 N–H and O–H groups in total. The minimum absolute atomic E-state index is 0.707. The van der Waals surface area contributed by atoms with Gasteiger partial charge in [0.15, 0.2) is 5.13 Å². The second-order valence-electron chi connectivity index (χ2n) is 4.57. The number of aryl methyl sites for hydroxylation is 2. The molecule has 0 spiro atoms. The van der Waals surface area contributed by atoms with Gasteiger partial charge in [-0.15, -0.1) is 0 Å². The molecule has 2 aromatic heterocycles. The Hall–Kier alpha value is -1.94. The second kappa shape index (κ2) is 4.97. The predicted octanol–water partition coefficient (Wildman–Crippen LogP) is 3.92. The number of fused-ring (bicyclic) bond motifs is 1. The lowest BCUT2D eigenvalue weighted by Crippen LogP contribution is -2.00. The average molecular weight is 269 g/mol. The van der Waals surface area contributed by atoms with E-state index >= 15 is 0 Å². The highest BCUT2D eigenvalue weighted by Gasteiger charge is 2.08. The summed E-state index contributed by atoms with van der Waals surface area (Å²) in [5.74, 6) is 0. The normalized spacial score (nSPS) is 10.8. The fourth-order valence-electron chi connectivity index (χ4n) is 2.00. The number of aromatic nitrogens is 2. The molecule has 4 heteroatoms. The van der Waals surface area contributed by atoms with Gasteiger partial charge in [0.1, 0.15) is 0 Å². The molecule has 3 nitrogen and oxygen atoms in total. The van der Waals surface area contributed by atoms with Crippen molar-refractivity contribution in [3.8, 4) is 0 Å². The van der Waals surface area contributed by atoms with Crippen LogP contribution in [0.3, 0.4) is 0 Å². The molecular formula is C15H15N3S. The van der Waals surface area contributed by atoms with Gasteiger partial charge in [-0.1, -0.05) is 29.5 Å².